The van der Waals surface area contributed by atoms with Crippen LogP contribution >= 0.6 is 11.3 Å². The topological polar surface area (TPSA) is 63.2 Å². The highest BCUT2D eigenvalue weighted by atomic mass is 32.1. The Bertz CT molecular complexity index is 616. The number of thiazole rings is 1. The number of aryl methyl sites for hydroxylation is 1. The summed E-state index contributed by atoms with van der Waals surface area (Å²) in [5, 5.41) is 8.59. The lowest BCUT2D eigenvalue weighted by Gasteiger charge is -2.12. The van der Waals surface area contributed by atoms with Crippen LogP contribution in [0, 0.1) is 6.92 Å². The molecule has 1 unspecified atom stereocenters. The number of urea groups is 1. The minimum atomic E-state index is -0.194. The Hall–Kier alpha value is -2.08. The smallest absolute Gasteiger partial charge is 0.315 e. The average molecular weight is 303 g/mol. The van der Waals surface area contributed by atoms with Crippen molar-refractivity contribution in [3.05, 3.63) is 45.9 Å². The van der Waals surface area contributed by atoms with E-state index in [9.17, 15) is 4.79 Å². The highest BCUT2D eigenvalue weighted by Gasteiger charge is 2.22. The third-order valence-corrected chi connectivity index (χ3v) is 4.12. The highest BCUT2D eigenvalue weighted by molar-refractivity contribution is 7.09. The summed E-state index contributed by atoms with van der Waals surface area (Å²) < 4.78 is 5.77. The van der Waals surface area contributed by atoms with Gasteiger partial charge in [-0.25, -0.2) is 9.78 Å². The fourth-order valence-electron chi connectivity index (χ4n) is 2.30. The first-order valence-corrected chi connectivity index (χ1v) is 7.76. The molecule has 0 saturated carbocycles. The molecule has 2 aromatic rings. The summed E-state index contributed by atoms with van der Waals surface area (Å²) in [6, 6.07) is 7.78. The summed E-state index contributed by atoms with van der Waals surface area (Å²) in [7, 11) is 0. The van der Waals surface area contributed by atoms with Gasteiger partial charge in [0.05, 0.1) is 23.8 Å². The maximum atomic E-state index is 11.8. The van der Waals surface area contributed by atoms with Gasteiger partial charge in [-0.3, -0.25) is 0 Å². The molecule has 0 bridgehead atoms. The molecule has 2 heterocycles. The van der Waals surface area contributed by atoms with Gasteiger partial charge in [-0.1, -0.05) is 18.2 Å². The van der Waals surface area contributed by atoms with Gasteiger partial charge in [0.25, 0.3) is 0 Å². The van der Waals surface area contributed by atoms with E-state index in [1.165, 1.54) is 5.56 Å². The van der Waals surface area contributed by atoms with Crippen LogP contribution in [0.3, 0.4) is 0 Å². The number of ether oxygens (including phenoxy) is 1. The Labute approximate surface area is 127 Å². The van der Waals surface area contributed by atoms with Crippen LogP contribution in [-0.4, -0.2) is 23.7 Å². The lowest BCUT2D eigenvalue weighted by atomic mass is 10.1. The minimum absolute atomic E-state index is 0.00895. The van der Waals surface area contributed by atoms with Crippen molar-refractivity contribution >= 4 is 17.4 Å². The molecule has 110 valence electrons. The van der Waals surface area contributed by atoms with Gasteiger partial charge in [-0.2, -0.15) is 0 Å². The molecule has 1 aromatic heterocycles. The molecule has 1 aliphatic heterocycles. The van der Waals surface area contributed by atoms with Gasteiger partial charge < -0.3 is 15.4 Å². The van der Waals surface area contributed by atoms with E-state index in [1.54, 1.807) is 11.3 Å². The number of hydrogen-bond acceptors (Lipinski definition) is 4. The van der Waals surface area contributed by atoms with E-state index in [0.717, 1.165) is 22.9 Å². The molecule has 0 spiro atoms. The van der Waals surface area contributed by atoms with Crippen LogP contribution in [0.1, 0.15) is 16.3 Å². The second-order valence-corrected chi connectivity index (χ2v) is 6.04. The van der Waals surface area contributed by atoms with Gasteiger partial charge in [-0.15, -0.1) is 11.3 Å². The second-order valence-electron chi connectivity index (χ2n) is 4.97. The first kappa shape index (κ1) is 13.9. The SMILES string of the molecule is Cc1nc(CNC(=O)NCC2Cc3ccccc3O2)cs1. The van der Waals surface area contributed by atoms with Crippen molar-refractivity contribution < 1.29 is 9.53 Å². The summed E-state index contributed by atoms with van der Waals surface area (Å²) >= 11 is 1.58. The molecule has 0 aliphatic carbocycles. The number of aromatic nitrogens is 1. The van der Waals surface area contributed by atoms with E-state index in [0.29, 0.717) is 13.1 Å². The van der Waals surface area contributed by atoms with Gasteiger partial charge in [0.1, 0.15) is 11.9 Å². The lowest BCUT2D eigenvalue weighted by Crippen LogP contribution is -2.40. The van der Waals surface area contributed by atoms with Crippen molar-refractivity contribution in [1.82, 2.24) is 15.6 Å². The molecule has 5 nitrogen and oxygen atoms in total. The highest BCUT2D eigenvalue weighted by Crippen LogP contribution is 2.27. The van der Waals surface area contributed by atoms with Gasteiger partial charge in [0.15, 0.2) is 0 Å². The van der Waals surface area contributed by atoms with Crippen LogP contribution in [0.2, 0.25) is 0 Å². The summed E-state index contributed by atoms with van der Waals surface area (Å²) in [4.78, 5) is 16.0. The molecule has 2 N–H and O–H groups in total. The molecule has 1 atom stereocenters. The number of hydrogen-bond donors (Lipinski definition) is 2. The molecule has 2 amide bonds. The first-order valence-electron chi connectivity index (χ1n) is 6.88. The monoisotopic (exact) mass is 303 g/mol. The van der Waals surface area contributed by atoms with Gasteiger partial charge in [0.2, 0.25) is 0 Å². The van der Waals surface area contributed by atoms with Crippen LogP contribution in [-0.2, 0) is 13.0 Å². The molecule has 6 heteroatoms. The fraction of sp³-hybridized carbons (Fsp3) is 0.333. The molecule has 0 fully saturated rings. The van der Waals surface area contributed by atoms with Crippen molar-refractivity contribution in [2.24, 2.45) is 0 Å². The van der Waals surface area contributed by atoms with E-state index in [1.807, 2.05) is 30.5 Å². The normalized spacial score (nSPS) is 16.1. The van der Waals surface area contributed by atoms with E-state index in [-0.39, 0.29) is 12.1 Å². The molecule has 3 rings (SSSR count). The number of nitrogens with one attached hydrogen (secondary N) is 2. The maximum Gasteiger partial charge on any atom is 0.315 e. The summed E-state index contributed by atoms with van der Waals surface area (Å²) in [5.41, 5.74) is 2.08. The lowest BCUT2D eigenvalue weighted by molar-refractivity contribution is 0.213. The summed E-state index contributed by atoms with van der Waals surface area (Å²) in [6.07, 6.45) is 0.844. The van der Waals surface area contributed by atoms with Gasteiger partial charge in [-0.05, 0) is 18.6 Å². The van der Waals surface area contributed by atoms with Crippen molar-refractivity contribution in [1.29, 1.82) is 0 Å². The Morgan fingerprint density at radius 3 is 3.05 bits per heavy atom. The second kappa shape index (κ2) is 6.13. The van der Waals surface area contributed by atoms with Crippen LogP contribution in [0.4, 0.5) is 4.79 Å². The van der Waals surface area contributed by atoms with E-state index in [4.69, 9.17) is 4.74 Å². The van der Waals surface area contributed by atoms with Gasteiger partial charge >= 0.3 is 6.03 Å². The Balaban J connectivity index is 1.41. The molecule has 0 radical (unpaired) electrons. The molecule has 21 heavy (non-hydrogen) atoms. The largest absolute Gasteiger partial charge is 0.488 e. The number of carbonyl (C=O) groups excluding carboxylic acids is 1. The third-order valence-electron chi connectivity index (χ3n) is 3.30. The number of para-hydroxylation sites is 1. The maximum absolute atomic E-state index is 11.8. The quantitative estimate of drug-likeness (QED) is 0.910. The third kappa shape index (κ3) is 3.52. The van der Waals surface area contributed by atoms with E-state index >= 15 is 0 Å². The number of benzene rings is 1. The zero-order valence-corrected chi connectivity index (χ0v) is 12.6. The molecular formula is C15H17N3O2S. The molecule has 1 aromatic carbocycles. The zero-order valence-electron chi connectivity index (χ0n) is 11.8. The predicted octanol–water partition coefficient (Wildman–Crippen LogP) is 2.25. The molecular weight excluding hydrogens is 286 g/mol. The summed E-state index contributed by atoms with van der Waals surface area (Å²) in [5.74, 6) is 0.919. The van der Waals surface area contributed by atoms with Gasteiger partial charge in [0, 0.05) is 11.8 Å². The number of fused-ring (bicyclic) bond motifs is 1. The van der Waals surface area contributed by atoms with Crippen LogP contribution < -0.4 is 15.4 Å². The summed E-state index contributed by atoms with van der Waals surface area (Å²) in [6.45, 7) is 2.89. The van der Waals surface area contributed by atoms with Crippen LogP contribution in [0.25, 0.3) is 0 Å². The van der Waals surface area contributed by atoms with Crippen molar-refractivity contribution in [2.45, 2.75) is 26.0 Å². The van der Waals surface area contributed by atoms with E-state index in [2.05, 4.69) is 21.7 Å². The molecule has 0 saturated heterocycles. The number of carbonyl (C=O) groups is 1. The Kier molecular flexibility index (Phi) is 4.06. The first-order chi connectivity index (χ1) is 10.2. The number of rotatable bonds is 4. The van der Waals surface area contributed by atoms with Crippen LogP contribution in [0.5, 0.6) is 5.75 Å². The van der Waals surface area contributed by atoms with Crippen molar-refractivity contribution in [2.75, 3.05) is 6.54 Å². The van der Waals surface area contributed by atoms with Crippen molar-refractivity contribution in [3.8, 4) is 5.75 Å². The predicted molar refractivity (Wildman–Crippen MR) is 81.7 cm³/mol. The fourth-order valence-corrected chi connectivity index (χ4v) is 2.91. The minimum Gasteiger partial charge on any atom is -0.488 e. The average Bonchev–Trinajstić information content (AvgIpc) is 3.08. The Morgan fingerprint density at radius 1 is 1.43 bits per heavy atom. The van der Waals surface area contributed by atoms with Crippen molar-refractivity contribution in [3.63, 3.8) is 0 Å². The zero-order chi connectivity index (χ0) is 14.7. The van der Waals surface area contributed by atoms with Crippen LogP contribution in [0.15, 0.2) is 29.6 Å². The number of amides is 2. The Morgan fingerprint density at radius 2 is 2.29 bits per heavy atom. The number of nitrogens with zero attached hydrogens (tertiary/aromatic N) is 1. The standard InChI is InChI=1S/C15H17N3O2S/c1-10-18-12(9-21-10)7-16-15(19)17-8-13-6-11-4-2-3-5-14(11)20-13/h2-5,9,13H,6-8H2,1H3,(H2,16,17,19). The molecule has 1 aliphatic rings. The van der Waals surface area contributed by atoms with E-state index < -0.39 is 0 Å².